The Labute approximate surface area is 176 Å². The molecule has 0 aliphatic rings. The molecule has 3 aromatic carbocycles. The van der Waals surface area contributed by atoms with Crippen molar-refractivity contribution in [1.29, 1.82) is 0 Å². The number of nitrogens with one attached hydrogen (secondary N) is 1. The summed E-state index contributed by atoms with van der Waals surface area (Å²) in [5.74, 6) is -1.26. The molecule has 3 aromatic rings. The topological polar surface area (TPSA) is 66.5 Å². The Hall–Kier alpha value is -3.19. The fourth-order valence-corrected chi connectivity index (χ4v) is 4.48. The fourth-order valence-electron chi connectivity index (χ4n) is 3.03. The summed E-state index contributed by atoms with van der Waals surface area (Å²) < 4.78 is 41.7. The molecular weight excluding hydrogens is 403 g/mol. The lowest BCUT2D eigenvalue weighted by molar-refractivity contribution is -0.120. The van der Waals surface area contributed by atoms with E-state index in [0.29, 0.717) is 0 Å². The van der Waals surface area contributed by atoms with Crippen LogP contribution < -0.4 is 9.62 Å². The highest BCUT2D eigenvalue weighted by molar-refractivity contribution is 7.92. The minimum absolute atomic E-state index is 0.0207. The summed E-state index contributed by atoms with van der Waals surface area (Å²) >= 11 is 0. The number of benzene rings is 3. The van der Waals surface area contributed by atoms with Crippen molar-refractivity contribution in [2.75, 3.05) is 10.8 Å². The van der Waals surface area contributed by atoms with Gasteiger partial charge in [0, 0.05) is 0 Å². The Morgan fingerprint density at radius 1 is 0.967 bits per heavy atom. The molecule has 30 heavy (non-hydrogen) atoms. The van der Waals surface area contributed by atoms with Crippen molar-refractivity contribution in [2.45, 2.75) is 24.8 Å². The highest BCUT2D eigenvalue weighted by atomic mass is 32.2. The van der Waals surface area contributed by atoms with E-state index < -0.39 is 28.3 Å². The van der Waals surface area contributed by atoms with E-state index in [9.17, 15) is 17.6 Å². The Morgan fingerprint density at radius 3 is 2.20 bits per heavy atom. The molecule has 0 saturated carbocycles. The van der Waals surface area contributed by atoms with Crippen LogP contribution >= 0.6 is 0 Å². The number of carbonyl (C=O) groups is 1. The molecule has 1 atom stereocenters. The Bertz CT molecular complexity index is 1120. The first-order chi connectivity index (χ1) is 14.3. The number of carbonyl (C=O) groups excluding carboxylic acids is 1. The summed E-state index contributed by atoms with van der Waals surface area (Å²) in [6.45, 7) is 3.23. The Balaban J connectivity index is 1.88. The number of para-hydroxylation sites is 1. The molecule has 0 aliphatic carbocycles. The molecule has 0 radical (unpaired) electrons. The van der Waals surface area contributed by atoms with Gasteiger partial charge in [-0.2, -0.15) is 0 Å². The standard InChI is InChI=1S/C23H23FN2O3S/c1-17-12-14-19(15-13-17)18(2)25-23(27)16-26(22-11-7-6-10-21(22)24)30(28,29)20-8-4-3-5-9-20/h3-15,18H,16H2,1-2H3,(H,25,27)/t18-/m0/s1. The number of hydrogen-bond donors (Lipinski definition) is 1. The third-order valence-corrected chi connectivity index (χ3v) is 6.47. The Kier molecular flexibility index (Phi) is 6.52. The van der Waals surface area contributed by atoms with Gasteiger partial charge in [-0.1, -0.05) is 60.2 Å². The van der Waals surface area contributed by atoms with Gasteiger partial charge in [-0.25, -0.2) is 12.8 Å². The number of aryl methyl sites for hydroxylation is 1. The second-order valence-electron chi connectivity index (χ2n) is 6.98. The number of anilines is 1. The molecule has 0 aromatic heterocycles. The number of amides is 1. The van der Waals surface area contributed by atoms with E-state index in [4.69, 9.17) is 0 Å². The molecule has 5 nitrogen and oxygen atoms in total. The van der Waals surface area contributed by atoms with Gasteiger partial charge in [-0.05, 0) is 43.7 Å². The summed E-state index contributed by atoms with van der Waals surface area (Å²) in [7, 11) is -4.15. The first-order valence-electron chi connectivity index (χ1n) is 9.47. The van der Waals surface area contributed by atoms with Crippen molar-refractivity contribution in [2.24, 2.45) is 0 Å². The highest BCUT2D eigenvalue weighted by Gasteiger charge is 2.29. The lowest BCUT2D eigenvalue weighted by Gasteiger charge is -2.25. The molecule has 0 saturated heterocycles. The van der Waals surface area contributed by atoms with Gasteiger partial charge in [-0.3, -0.25) is 9.10 Å². The van der Waals surface area contributed by atoms with Gasteiger partial charge in [0.1, 0.15) is 12.4 Å². The third kappa shape index (κ3) is 4.86. The SMILES string of the molecule is Cc1ccc([C@H](C)NC(=O)CN(c2ccccc2F)S(=O)(=O)c2ccccc2)cc1. The van der Waals surface area contributed by atoms with Crippen molar-refractivity contribution in [1.82, 2.24) is 5.32 Å². The zero-order valence-corrected chi connectivity index (χ0v) is 17.6. The van der Waals surface area contributed by atoms with E-state index in [2.05, 4.69) is 5.32 Å². The maximum Gasteiger partial charge on any atom is 0.264 e. The van der Waals surface area contributed by atoms with Crippen LogP contribution in [0.2, 0.25) is 0 Å². The number of hydrogen-bond acceptors (Lipinski definition) is 3. The smallest absolute Gasteiger partial charge is 0.264 e. The summed E-state index contributed by atoms with van der Waals surface area (Å²) in [4.78, 5) is 12.7. The van der Waals surface area contributed by atoms with E-state index in [1.165, 1.54) is 30.3 Å². The lowest BCUT2D eigenvalue weighted by atomic mass is 10.1. The second-order valence-corrected chi connectivity index (χ2v) is 8.84. The number of rotatable bonds is 7. The normalized spacial score (nSPS) is 12.2. The van der Waals surface area contributed by atoms with Crippen LogP contribution in [0.3, 0.4) is 0 Å². The summed E-state index contributed by atoms with van der Waals surface area (Å²) in [5.41, 5.74) is 1.80. The van der Waals surface area contributed by atoms with Crippen LogP contribution in [0.25, 0.3) is 0 Å². The van der Waals surface area contributed by atoms with Crippen LogP contribution in [0.5, 0.6) is 0 Å². The molecule has 1 N–H and O–H groups in total. The molecule has 156 valence electrons. The molecule has 0 fully saturated rings. The first kappa shape index (κ1) is 21.5. The fraction of sp³-hybridized carbons (Fsp3) is 0.174. The minimum Gasteiger partial charge on any atom is -0.348 e. The van der Waals surface area contributed by atoms with E-state index in [-0.39, 0.29) is 16.6 Å². The monoisotopic (exact) mass is 426 g/mol. The zero-order chi connectivity index (χ0) is 21.7. The van der Waals surface area contributed by atoms with Gasteiger partial charge < -0.3 is 5.32 Å². The maximum atomic E-state index is 14.5. The number of halogens is 1. The molecule has 0 bridgehead atoms. The van der Waals surface area contributed by atoms with Crippen LogP contribution in [0.4, 0.5) is 10.1 Å². The Morgan fingerprint density at radius 2 is 1.57 bits per heavy atom. The lowest BCUT2D eigenvalue weighted by Crippen LogP contribution is -2.42. The van der Waals surface area contributed by atoms with Gasteiger partial charge in [0.15, 0.2) is 0 Å². The van der Waals surface area contributed by atoms with Gasteiger partial charge >= 0.3 is 0 Å². The van der Waals surface area contributed by atoms with Crippen molar-refractivity contribution in [3.8, 4) is 0 Å². The van der Waals surface area contributed by atoms with E-state index in [0.717, 1.165) is 21.5 Å². The second kappa shape index (κ2) is 9.09. The van der Waals surface area contributed by atoms with Crippen molar-refractivity contribution < 1.29 is 17.6 Å². The van der Waals surface area contributed by atoms with Crippen LogP contribution in [0, 0.1) is 12.7 Å². The minimum atomic E-state index is -4.15. The third-order valence-electron chi connectivity index (χ3n) is 4.69. The van der Waals surface area contributed by atoms with Crippen molar-refractivity contribution in [3.05, 3.63) is 95.8 Å². The van der Waals surface area contributed by atoms with E-state index in [1.807, 2.05) is 38.1 Å². The van der Waals surface area contributed by atoms with Crippen LogP contribution in [0.1, 0.15) is 24.1 Å². The quantitative estimate of drug-likeness (QED) is 0.616. The molecule has 7 heteroatoms. The zero-order valence-electron chi connectivity index (χ0n) is 16.7. The largest absolute Gasteiger partial charge is 0.348 e. The predicted molar refractivity (Wildman–Crippen MR) is 115 cm³/mol. The average molecular weight is 427 g/mol. The van der Waals surface area contributed by atoms with E-state index >= 15 is 0 Å². The molecular formula is C23H23FN2O3S. The van der Waals surface area contributed by atoms with Gasteiger partial charge in [0.2, 0.25) is 5.91 Å². The van der Waals surface area contributed by atoms with Crippen LogP contribution in [-0.2, 0) is 14.8 Å². The maximum absolute atomic E-state index is 14.5. The van der Waals surface area contributed by atoms with Crippen LogP contribution in [-0.4, -0.2) is 20.9 Å². The molecule has 1 amide bonds. The number of nitrogens with zero attached hydrogens (tertiary/aromatic N) is 1. The van der Waals surface area contributed by atoms with E-state index in [1.54, 1.807) is 18.2 Å². The number of sulfonamides is 1. The van der Waals surface area contributed by atoms with Crippen molar-refractivity contribution in [3.63, 3.8) is 0 Å². The van der Waals surface area contributed by atoms with Gasteiger partial charge in [0.05, 0.1) is 16.6 Å². The summed E-state index contributed by atoms with van der Waals surface area (Å²) in [5, 5.41) is 2.79. The van der Waals surface area contributed by atoms with Crippen molar-refractivity contribution >= 4 is 21.6 Å². The van der Waals surface area contributed by atoms with Gasteiger partial charge in [-0.15, -0.1) is 0 Å². The molecule has 0 spiro atoms. The summed E-state index contributed by atoms with van der Waals surface area (Å²) in [6.07, 6.45) is 0. The average Bonchev–Trinajstić information content (AvgIpc) is 2.73. The highest BCUT2D eigenvalue weighted by Crippen LogP contribution is 2.26. The molecule has 0 heterocycles. The van der Waals surface area contributed by atoms with Gasteiger partial charge in [0.25, 0.3) is 10.0 Å². The first-order valence-corrected chi connectivity index (χ1v) is 10.9. The molecule has 3 rings (SSSR count). The molecule has 0 aliphatic heterocycles. The molecule has 0 unspecified atom stereocenters. The van der Waals surface area contributed by atoms with Crippen LogP contribution in [0.15, 0.2) is 83.8 Å². The summed E-state index contributed by atoms with van der Waals surface area (Å²) in [6, 6.07) is 20.5. The predicted octanol–water partition coefficient (Wildman–Crippen LogP) is 4.21.